The Balaban J connectivity index is 2.23. The molecule has 0 aliphatic carbocycles. The number of morpholine rings is 1. The number of nitrogens with zero attached hydrogens (tertiary/aromatic N) is 3. The van der Waals surface area contributed by atoms with Crippen LogP contribution in [0.2, 0.25) is 0 Å². The van der Waals surface area contributed by atoms with Crippen LogP contribution in [0.3, 0.4) is 0 Å². The number of aromatic nitrogens is 2. The van der Waals surface area contributed by atoms with Gasteiger partial charge < -0.3 is 20.5 Å². The topological polar surface area (TPSA) is 84.5 Å². The molecular weight excluding hydrogens is 268 g/mol. The Kier molecular flexibility index (Phi) is 5.76. The third-order valence-corrected chi connectivity index (χ3v) is 3.88. The molecule has 118 valence electrons. The van der Waals surface area contributed by atoms with Crippen molar-refractivity contribution in [3.63, 3.8) is 0 Å². The van der Waals surface area contributed by atoms with E-state index in [9.17, 15) is 0 Å². The fraction of sp³-hybridized carbons (Fsp3) is 0.733. The van der Waals surface area contributed by atoms with Gasteiger partial charge in [-0.2, -0.15) is 4.98 Å². The third kappa shape index (κ3) is 4.04. The first-order chi connectivity index (χ1) is 10.2. The number of hydrogen-bond donors (Lipinski definition) is 2. The summed E-state index contributed by atoms with van der Waals surface area (Å²) in [5, 5.41) is 9.09. The van der Waals surface area contributed by atoms with Crippen LogP contribution in [-0.4, -0.2) is 47.5 Å². The summed E-state index contributed by atoms with van der Waals surface area (Å²) in [7, 11) is 0. The first-order valence-corrected chi connectivity index (χ1v) is 7.76. The van der Waals surface area contributed by atoms with Gasteiger partial charge in [-0.1, -0.05) is 13.3 Å². The SMILES string of the molecule is CCCCc1c(C)nc(N)nc1N1CCO[C@@H](CCO)C1. The van der Waals surface area contributed by atoms with Crippen LogP contribution in [0, 0.1) is 6.92 Å². The summed E-state index contributed by atoms with van der Waals surface area (Å²) in [4.78, 5) is 11.0. The minimum absolute atomic E-state index is 0.0549. The highest BCUT2D eigenvalue weighted by Gasteiger charge is 2.24. The van der Waals surface area contributed by atoms with Crippen molar-refractivity contribution in [2.45, 2.75) is 45.6 Å². The van der Waals surface area contributed by atoms with Crippen LogP contribution in [0.1, 0.15) is 37.4 Å². The van der Waals surface area contributed by atoms with E-state index in [1.165, 1.54) is 5.56 Å². The Morgan fingerprint density at radius 3 is 2.95 bits per heavy atom. The van der Waals surface area contributed by atoms with Crippen LogP contribution in [0.5, 0.6) is 0 Å². The number of aryl methyl sites for hydroxylation is 1. The first-order valence-electron chi connectivity index (χ1n) is 7.76. The fourth-order valence-electron chi connectivity index (χ4n) is 2.74. The van der Waals surface area contributed by atoms with Gasteiger partial charge in [-0.3, -0.25) is 0 Å². The molecule has 0 unspecified atom stereocenters. The second kappa shape index (κ2) is 7.56. The summed E-state index contributed by atoms with van der Waals surface area (Å²) < 4.78 is 5.68. The molecule has 21 heavy (non-hydrogen) atoms. The highest BCUT2D eigenvalue weighted by Crippen LogP contribution is 2.25. The molecule has 3 N–H and O–H groups in total. The van der Waals surface area contributed by atoms with Crippen molar-refractivity contribution in [3.8, 4) is 0 Å². The van der Waals surface area contributed by atoms with Crippen molar-refractivity contribution in [1.82, 2.24) is 9.97 Å². The Morgan fingerprint density at radius 1 is 1.43 bits per heavy atom. The van der Waals surface area contributed by atoms with E-state index in [0.717, 1.165) is 43.9 Å². The van der Waals surface area contributed by atoms with E-state index in [-0.39, 0.29) is 12.7 Å². The molecular formula is C15H26N4O2. The Morgan fingerprint density at radius 2 is 2.24 bits per heavy atom. The minimum atomic E-state index is 0.0549. The van der Waals surface area contributed by atoms with E-state index < -0.39 is 0 Å². The molecule has 0 amide bonds. The number of hydrogen-bond acceptors (Lipinski definition) is 6. The van der Waals surface area contributed by atoms with Crippen molar-refractivity contribution in [1.29, 1.82) is 0 Å². The molecule has 1 aromatic rings. The maximum Gasteiger partial charge on any atom is 0.222 e. The molecule has 1 fully saturated rings. The van der Waals surface area contributed by atoms with Crippen LogP contribution in [0.4, 0.5) is 11.8 Å². The summed E-state index contributed by atoms with van der Waals surface area (Å²) in [5.41, 5.74) is 8.00. The number of nitrogens with two attached hydrogens (primary N) is 1. The highest BCUT2D eigenvalue weighted by molar-refractivity contribution is 5.52. The number of aliphatic hydroxyl groups excluding tert-OH is 1. The van der Waals surface area contributed by atoms with Gasteiger partial charge in [0.2, 0.25) is 5.95 Å². The molecule has 1 atom stereocenters. The Hall–Kier alpha value is -1.40. The summed E-state index contributed by atoms with van der Waals surface area (Å²) in [6.07, 6.45) is 3.94. The molecule has 6 nitrogen and oxygen atoms in total. The number of unbranched alkanes of at least 4 members (excludes halogenated alkanes) is 1. The average Bonchev–Trinajstić information content (AvgIpc) is 2.46. The van der Waals surface area contributed by atoms with Gasteiger partial charge in [0.05, 0.1) is 12.7 Å². The van der Waals surface area contributed by atoms with E-state index in [0.29, 0.717) is 19.0 Å². The number of aliphatic hydroxyl groups is 1. The fourth-order valence-corrected chi connectivity index (χ4v) is 2.74. The average molecular weight is 294 g/mol. The van der Waals surface area contributed by atoms with E-state index >= 15 is 0 Å². The van der Waals surface area contributed by atoms with Gasteiger partial charge in [-0.25, -0.2) is 4.98 Å². The second-order valence-corrected chi connectivity index (χ2v) is 5.52. The van der Waals surface area contributed by atoms with Crippen molar-refractivity contribution in [2.24, 2.45) is 0 Å². The summed E-state index contributed by atoms with van der Waals surface area (Å²) in [6, 6.07) is 0. The molecule has 1 aliphatic heterocycles. The monoisotopic (exact) mass is 294 g/mol. The largest absolute Gasteiger partial charge is 0.396 e. The molecule has 6 heteroatoms. The van der Waals surface area contributed by atoms with Gasteiger partial charge in [-0.05, 0) is 26.2 Å². The summed E-state index contributed by atoms with van der Waals surface area (Å²) in [6.45, 7) is 6.52. The molecule has 0 spiro atoms. The van der Waals surface area contributed by atoms with Crippen molar-refractivity contribution in [2.75, 3.05) is 36.9 Å². The predicted molar refractivity (Wildman–Crippen MR) is 83.4 cm³/mol. The third-order valence-electron chi connectivity index (χ3n) is 3.88. The van der Waals surface area contributed by atoms with Gasteiger partial charge in [0.25, 0.3) is 0 Å². The molecule has 0 radical (unpaired) electrons. The van der Waals surface area contributed by atoms with E-state index in [1.54, 1.807) is 0 Å². The molecule has 0 saturated carbocycles. The van der Waals surface area contributed by atoms with Crippen LogP contribution >= 0.6 is 0 Å². The lowest BCUT2D eigenvalue weighted by atomic mass is 10.1. The lowest BCUT2D eigenvalue weighted by molar-refractivity contribution is 0.0244. The molecule has 0 bridgehead atoms. The molecule has 1 aromatic heterocycles. The van der Waals surface area contributed by atoms with Crippen molar-refractivity contribution >= 4 is 11.8 Å². The van der Waals surface area contributed by atoms with Crippen LogP contribution in [0.15, 0.2) is 0 Å². The van der Waals surface area contributed by atoms with Gasteiger partial charge in [0, 0.05) is 31.0 Å². The van der Waals surface area contributed by atoms with Crippen LogP contribution < -0.4 is 10.6 Å². The normalized spacial score (nSPS) is 19.0. The Labute approximate surface area is 126 Å². The second-order valence-electron chi connectivity index (χ2n) is 5.52. The number of rotatable bonds is 6. The smallest absolute Gasteiger partial charge is 0.222 e. The van der Waals surface area contributed by atoms with Gasteiger partial charge >= 0.3 is 0 Å². The van der Waals surface area contributed by atoms with Gasteiger partial charge in [-0.15, -0.1) is 0 Å². The van der Waals surface area contributed by atoms with Gasteiger partial charge in [0.1, 0.15) is 5.82 Å². The van der Waals surface area contributed by atoms with Crippen LogP contribution in [-0.2, 0) is 11.2 Å². The summed E-state index contributed by atoms with van der Waals surface area (Å²) >= 11 is 0. The first kappa shape index (κ1) is 16.0. The lowest BCUT2D eigenvalue weighted by Gasteiger charge is -2.35. The number of ether oxygens (including phenoxy) is 1. The molecule has 0 aromatic carbocycles. The minimum Gasteiger partial charge on any atom is -0.396 e. The standard InChI is InChI=1S/C15H26N4O2/c1-3-4-5-13-11(2)17-15(16)18-14(13)19-7-9-21-12(10-19)6-8-20/h12,20H,3-10H2,1-2H3,(H2,16,17,18)/t12-/m0/s1. The van der Waals surface area contributed by atoms with E-state index in [4.69, 9.17) is 15.6 Å². The maximum absolute atomic E-state index is 9.09. The zero-order chi connectivity index (χ0) is 15.2. The maximum atomic E-state index is 9.09. The lowest BCUT2D eigenvalue weighted by Crippen LogP contribution is -2.44. The quantitative estimate of drug-likeness (QED) is 0.822. The van der Waals surface area contributed by atoms with Crippen LogP contribution in [0.25, 0.3) is 0 Å². The zero-order valence-corrected chi connectivity index (χ0v) is 13.0. The highest BCUT2D eigenvalue weighted by atomic mass is 16.5. The summed E-state index contributed by atoms with van der Waals surface area (Å²) in [5.74, 6) is 1.27. The molecule has 1 saturated heterocycles. The number of anilines is 2. The van der Waals surface area contributed by atoms with Gasteiger partial charge in [0.15, 0.2) is 0 Å². The molecule has 1 aliphatic rings. The van der Waals surface area contributed by atoms with Crippen molar-refractivity contribution in [3.05, 3.63) is 11.3 Å². The van der Waals surface area contributed by atoms with E-state index in [2.05, 4.69) is 21.8 Å². The Bertz CT molecular complexity index is 465. The van der Waals surface area contributed by atoms with E-state index in [1.807, 2.05) is 6.92 Å². The number of nitrogen functional groups attached to an aromatic ring is 1. The predicted octanol–water partition coefficient (Wildman–Crippen LogP) is 1.30. The molecule has 2 rings (SSSR count). The molecule has 2 heterocycles. The zero-order valence-electron chi connectivity index (χ0n) is 13.0. The van der Waals surface area contributed by atoms with Crippen molar-refractivity contribution < 1.29 is 9.84 Å².